The van der Waals surface area contributed by atoms with Crippen LogP contribution in [0, 0.1) is 0 Å². The Balaban J connectivity index is 2.88. The molecule has 0 unspecified atom stereocenters. The first-order chi connectivity index (χ1) is 8.86. The lowest BCUT2D eigenvalue weighted by Gasteiger charge is -2.12. The van der Waals surface area contributed by atoms with Crippen LogP contribution in [0.1, 0.15) is 20.8 Å². The van der Waals surface area contributed by atoms with E-state index in [0.29, 0.717) is 5.69 Å². The highest BCUT2D eigenvalue weighted by molar-refractivity contribution is 7.91. The van der Waals surface area contributed by atoms with Crippen LogP contribution in [0.15, 0.2) is 29.2 Å². The second-order valence-electron chi connectivity index (χ2n) is 4.31. The van der Waals surface area contributed by atoms with Crippen LogP contribution in [0.5, 0.6) is 0 Å². The lowest BCUT2D eigenvalue weighted by atomic mass is 10.3. The third kappa shape index (κ3) is 4.65. The Morgan fingerprint density at radius 3 is 2.53 bits per heavy atom. The molecule has 0 saturated heterocycles. The monoisotopic (exact) mass is 285 g/mol. The Bertz CT molecular complexity index is 537. The van der Waals surface area contributed by atoms with Crippen molar-refractivity contribution in [3.05, 3.63) is 24.3 Å². The fraction of sp³-hybridized carbons (Fsp3) is 0.462. The average Bonchev–Trinajstić information content (AvgIpc) is 2.37. The van der Waals surface area contributed by atoms with Gasteiger partial charge in [0, 0.05) is 0 Å². The lowest BCUT2D eigenvalue weighted by Crippen LogP contribution is -2.22. The van der Waals surface area contributed by atoms with Crippen molar-refractivity contribution >= 4 is 21.4 Å². The van der Waals surface area contributed by atoms with Crippen molar-refractivity contribution in [3.63, 3.8) is 0 Å². The number of amides is 1. The topological polar surface area (TPSA) is 72.5 Å². The zero-order valence-electron chi connectivity index (χ0n) is 11.3. The van der Waals surface area contributed by atoms with Gasteiger partial charge in [0.1, 0.15) is 6.61 Å². The number of anilines is 1. The minimum Gasteiger partial charge on any atom is -0.369 e. The molecule has 0 fully saturated rings. The first-order valence-electron chi connectivity index (χ1n) is 6.10. The fourth-order valence-electron chi connectivity index (χ4n) is 1.43. The van der Waals surface area contributed by atoms with Gasteiger partial charge in [-0.25, -0.2) is 8.42 Å². The number of carbonyl (C=O) groups excluding carboxylic acids is 1. The summed E-state index contributed by atoms with van der Waals surface area (Å²) in [5, 5.41) is 2.56. The molecule has 5 nitrogen and oxygen atoms in total. The quantitative estimate of drug-likeness (QED) is 0.865. The number of sulfone groups is 1. The van der Waals surface area contributed by atoms with Crippen LogP contribution in [-0.4, -0.2) is 32.8 Å². The highest BCUT2D eigenvalue weighted by atomic mass is 32.2. The number of hydrogen-bond acceptors (Lipinski definition) is 4. The molecule has 0 radical (unpaired) electrons. The van der Waals surface area contributed by atoms with Gasteiger partial charge in [0.2, 0.25) is 5.91 Å². The highest BCUT2D eigenvalue weighted by Gasteiger charge is 2.17. The normalized spacial score (nSPS) is 11.6. The number of hydrogen-bond donors (Lipinski definition) is 1. The number of nitrogens with one attached hydrogen (secondary N) is 1. The summed E-state index contributed by atoms with van der Waals surface area (Å²) < 4.78 is 28.9. The van der Waals surface area contributed by atoms with Crippen molar-refractivity contribution in [2.45, 2.75) is 31.8 Å². The lowest BCUT2D eigenvalue weighted by molar-refractivity contribution is -0.121. The Hall–Kier alpha value is -1.40. The second kappa shape index (κ2) is 6.68. The SMILES string of the molecule is CCS(=O)(=O)c1ccccc1NC(=O)COC(C)C. The Kier molecular flexibility index (Phi) is 5.50. The van der Waals surface area contributed by atoms with Crippen LogP contribution in [0.25, 0.3) is 0 Å². The number of para-hydroxylation sites is 1. The van der Waals surface area contributed by atoms with E-state index < -0.39 is 9.84 Å². The summed E-state index contributed by atoms with van der Waals surface area (Å²) >= 11 is 0. The van der Waals surface area contributed by atoms with Crippen molar-refractivity contribution in [1.82, 2.24) is 0 Å². The Morgan fingerprint density at radius 2 is 1.95 bits per heavy atom. The number of rotatable bonds is 6. The van der Waals surface area contributed by atoms with E-state index in [9.17, 15) is 13.2 Å². The van der Waals surface area contributed by atoms with Gasteiger partial charge in [-0.05, 0) is 26.0 Å². The summed E-state index contributed by atoms with van der Waals surface area (Å²) in [6.07, 6.45) is -0.0552. The molecule has 0 spiro atoms. The van der Waals surface area contributed by atoms with Gasteiger partial charge in [-0.3, -0.25) is 4.79 Å². The Morgan fingerprint density at radius 1 is 1.32 bits per heavy atom. The van der Waals surface area contributed by atoms with E-state index in [0.717, 1.165) is 0 Å². The molecule has 0 heterocycles. The molecule has 1 rings (SSSR count). The zero-order valence-corrected chi connectivity index (χ0v) is 12.2. The van der Waals surface area contributed by atoms with E-state index in [1.165, 1.54) is 6.07 Å². The standard InChI is InChI=1S/C13H19NO4S/c1-4-19(16,17)12-8-6-5-7-11(12)14-13(15)9-18-10(2)3/h5-8,10H,4,9H2,1-3H3,(H,14,15). The van der Waals surface area contributed by atoms with Crippen molar-refractivity contribution in [2.24, 2.45) is 0 Å². The molecule has 1 amide bonds. The maximum atomic E-state index is 11.9. The number of carbonyl (C=O) groups is 1. The van der Waals surface area contributed by atoms with Crippen LogP contribution in [0.4, 0.5) is 5.69 Å². The Labute approximate surface area is 113 Å². The van der Waals surface area contributed by atoms with Crippen LogP contribution in [0.3, 0.4) is 0 Å². The average molecular weight is 285 g/mol. The van der Waals surface area contributed by atoms with Crippen molar-refractivity contribution in [2.75, 3.05) is 17.7 Å². The molecular formula is C13H19NO4S. The molecule has 1 N–H and O–H groups in total. The maximum absolute atomic E-state index is 11.9. The molecule has 0 aliphatic heterocycles. The fourth-order valence-corrected chi connectivity index (χ4v) is 2.48. The van der Waals surface area contributed by atoms with Gasteiger partial charge < -0.3 is 10.1 Å². The number of ether oxygens (including phenoxy) is 1. The smallest absolute Gasteiger partial charge is 0.250 e. The summed E-state index contributed by atoms with van der Waals surface area (Å²) in [5.74, 6) is -0.380. The first kappa shape index (κ1) is 15.7. The summed E-state index contributed by atoms with van der Waals surface area (Å²) in [4.78, 5) is 11.8. The molecular weight excluding hydrogens is 266 g/mol. The number of benzene rings is 1. The highest BCUT2D eigenvalue weighted by Crippen LogP contribution is 2.21. The van der Waals surface area contributed by atoms with Gasteiger partial charge in [0.15, 0.2) is 9.84 Å². The summed E-state index contributed by atoms with van der Waals surface area (Å²) in [6.45, 7) is 5.11. The third-order valence-electron chi connectivity index (χ3n) is 2.42. The van der Waals surface area contributed by atoms with Gasteiger partial charge >= 0.3 is 0 Å². The molecule has 0 atom stereocenters. The predicted molar refractivity (Wildman–Crippen MR) is 73.9 cm³/mol. The van der Waals surface area contributed by atoms with E-state index in [1.54, 1.807) is 25.1 Å². The van der Waals surface area contributed by atoms with Crippen molar-refractivity contribution in [1.29, 1.82) is 0 Å². The third-order valence-corrected chi connectivity index (χ3v) is 4.21. The maximum Gasteiger partial charge on any atom is 0.250 e. The van der Waals surface area contributed by atoms with E-state index in [2.05, 4.69) is 5.32 Å². The van der Waals surface area contributed by atoms with Crippen LogP contribution < -0.4 is 5.32 Å². The van der Waals surface area contributed by atoms with Gasteiger partial charge in [-0.15, -0.1) is 0 Å². The molecule has 1 aromatic rings. The largest absolute Gasteiger partial charge is 0.369 e. The van der Waals surface area contributed by atoms with Crippen molar-refractivity contribution < 1.29 is 17.9 Å². The summed E-state index contributed by atoms with van der Waals surface area (Å²) in [6, 6.07) is 6.35. The molecule has 0 saturated carbocycles. The molecule has 0 aromatic heterocycles. The van der Waals surface area contributed by atoms with Crippen LogP contribution in [-0.2, 0) is 19.4 Å². The molecule has 106 valence electrons. The zero-order chi connectivity index (χ0) is 14.5. The van der Waals surface area contributed by atoms with E-state index in [1.807, 2.05) is 13.8 Å². The molecule has 6 heteroatoms. The molecule has 19 heavy (non-hydrogen) atoms. The molecule has 0 aliphatic carbocycles. The predicted octanol–water partition coefficient (Wildman–Crippen LogP) is 1.84. The van der Waals surface area contributed by atoms with Crippen LogP contribution >= 0.6 is 0 Å². The minimum atomic E-state index is -3.36. The minimum absolute atomic E-state index is 0.0115. The first-order valence-corrected chi connectivity index (χ1v) is 7.75. The van der Waals surface area contributed by atoms with E-state index in [-0.39, 0.29) is 29.3 Å². The summed E-state index contributed by atoms with van der Waals surface area (Å²) in [5.41, 5.74) is 0.293. The van der Waals surface area contributed by atoms with E-state index >= 15 is 0 Å². The molecule has 0 bridgehead atoms. The van der Waals surface area contributed by atoms with Gasteiger partial charge in [-0.2, -0.15) is 0 Å². The van der Waals surface area contributed by atoms with E-state index in [4.69, 9.17) is 4.74 Å². The molecule has 0 aliphatic rings. The van der Waals surface area contributed by atoms with Gasteiger partial charge in [0.25, 0.3) is 0 Å². The molecule has 1 aromatic carbocycles. The van der Waals surface area contributed by atoms with Crippen molar-refractivity contribution in [3.8, 4) is 0 Å². The van der Waals surface area contributed by atoms with Gasteiger partial charge in [-0.1, -0.05) is 19.1 Å². The second-order valence-corrected chi connectivity index (χ2v) is 6.55. The van der Waals surface area contributed by atoms with Crippen LogP contribution in [0.2, 0.25) is 0 Å². The van der Waals surface area contributed by atoms with Gasteiger partial charge in [0.05, 0.1) is 22.4 Å². The summed E-state index contributed by atoms with van der Waals surface area (Å²) in [7, 11) is -3.36.